The van der Waals surface area contributed by atoms with Gasteiger partial charge in [0, 0.05) is 0 Å². The molecule has 2 bridgehead atoms. The quantitative estimate of drug-likeness (QED) is 0.386. The van der Waals surface area contributed by atoms with Gasteiger partial charge in [-0.05, 0) is 0 Å². The van der Waals surface area contributed by atoms with Gasteiger partial charge in [-0.1, -0.05) is 0 Å². The molecule has 5 atom stereocenters. The van der Waals surface area contributed by atoms with Gasteiger partial charge in [-0.3, -0.25) is 0 Å². The molecule has 25 heavy (non-hydrogen) atoms. The van der Waals surface area contributed by atoms with E-state index in [4.69, 9.17) is 9.47 Å². The zero-order valence-electron chi connectivity index (χ0n) is 13.6. The summed E-state index contributed by atoms with van der Waals surface area (Å²) in [4.78, 5) is 13.0. The van der Waals surface area contributed by atoms with Crippen molar-refractivity contribution in [2.45, 2.75) is 28.3 Å². The number of hydrogen-bond donors (Lipinski definition) is 0. The normalized spacial score (nSPS) is 30.4. The second kappa shape index (κ2) is 7.63. The van der Waals surface area contributed by atoms with Crippen LogP contribution in [0.4, 0.5) is 0 Å². The Balaban J connectivity index is 1.33. The van der Waals surface area contributed by atoms with E-state index in [-0.39, 0.29) is 24.1 Å². The van der Waals surface area contributed by atoms with Crippen molar-refractivity contribution in [2.75, 3.05) is 6.61 Å². The third kappa shape index (κ3) is 3.70. The molecule has 0 N–H and O–H groups in total. The molecule has 2 aliphatic heterocycles. The molecule has 0 saturated carbocycles. The van der Waals surface area contributed by atoms with Crippen molar-refractivity contribution < 1.29 is 14.3 Å². The van der Waals surface area contributed by atoms with Crippen molar-refractivity contribution in [1.82, 2.24) is 0 Å². The van der Waals surface area contributed by atoms with Crippen LogP contribution in [0.1, 0.15) is 16.8 Å². The third-order valence-electron chi connectivity index (χ3n) is 4.78. The van der Waals surface area contributed by atoms with E-state index in [2.05, 4.69) is 46.3 Å². The Morgan fingerprint density at radius 1 is 1.12 bits per heavy atom. The minimum atomic E-state index is -0.250. The first-order valence-corrected chi connectivity index (χ1v) is 11.2. The van der Waals surface area contributed by atoms with Gasteiger partial charge in [0.15, 0.2) is 0 Å². The Labute approximate surface area is 162 Å². The number of alkyl halides is 1. The first-order chi connectivity index (χ1) is 12.2. The average molecular weight is 466 g/mol. The Morgan fingerprint density at radius 2 is 1.80 bits per heavy atom. The van der Waals surface area contributed by atoms with Crippen LogP contribution < -0.4 is 4.46 Å². The van der Waals surface area contributed by atoms with Crippen molar-refractivity contribution >= 4 is 41.3 Å². The molecule has 0 spiro atoms. The Kier molecular flexibility index (Phi) is 5.28. The number of esters is 1. The SMILES string of the molecule is O=C(OC[C@@H]1C[C@@H]2O[C@H]1[C@H](Br)[C@H]2[Se]c1ccccc1)c1ccccc1. The molecule has 2 fully saturated rings. The molecule has 0 aliphatic carbocycles. The maximum absolute atomic E-state index is 12.1. The molecule has 3 nitrogen and oxygen atoms in total. The van der Waals surface area contributed by atoms with Crippen molar-refractivity contribution in [1.29, 1.82) is 0 Å². The Morgan fingerprint density at radius 3 is 2.48 bits per heavy atom. The number of hydrogen-bond acceptors (Lipinski definition) is 3. The number of carbonyl (C=O) groups excluding carboxylic acids is 1. The molecule has 4 rings (SSSR count). The molecular weight excluding hydrogens is 447 g/mol. The summed E-state index contributed by atoms with van der Waals surface area (Å²) in [5.41, 5.74) is 0.604. The summed E-state index contributed by atoms with van der Waals surface area (Å²) in [6.45, 7) is 0.433. The number of benzene rings is 2. The molecular formula is C20H19BrO3Se. The van der Waals surface area contributed by atoms with Gasteiger partial charge in [0.25, 0.3) is 0 Å². The first kappa shape index (κ1) is 17.3. The van der Waals surface area contributed by atoms with E-state index in [1.54, 1.807) is 12.1 Å². The molecule has 0 amide bonds. The third-order valence-corrected chi connectivity index (χ3v) is 9.62. The van der Waals surface area contributed by atoms with Crippen LogP contribution in [-0.4, -0.2) is 44.6 Å². The van der Waals surface area contributed by atoms with E-state index < -0.39 is 0 Å². The number of halogens is 1. The van der Waals surface area contributed by atoms with Crippen molar-refractivity contribution in [3.63, 3.8) is 0 Å². The zero-order chi connectivity index (χ0) is 17.2. The number of ether oxygens (including phenoxy) is 2. The van der Waals surface area contributed by atoms with Crippen molar-refractivity contribution in [2.24, 2.45) is 5.92 Å². The predicted molar refractivity (Wildman–Crippen MR) is 102 cm³/mol. The van der Waals surface area contributed by atoms with E-state index >= 15 is 0 Å². The van der Waals surface area contributed by atoms with E-state index in [0.717, 1.165) is 6.42 Å². The second-order valence-corrected chi connectivity index (χ2v) is 10.1. The van der Waals surface area contributed by atoms with Gasteiger partial charge in [0.1, 0.15) is 0 Å². The van der Waals surface area contributed by atoms with E-state index in [1.807, 2.05) is 18.2 Å². The molecule has 0 radical (unpaired) electrons. The van der Waals surface area contributed by atoms with E-state index in [9.17, 15) is 4.79 Å². The van der Waals surface area contributed by atoms with Crippen LogP contribution in [-0.2, 0) is 9.47 Å². The van der Waals surface area contributed by atoms with Crippen LogP contribution >= 0.6 is 15.9 Å². The van der Waals surface area contributed by atoms with E-state index in [1.165, 1.54) is 4.46 Å². The van der Waals surface area contributed by atoms with Crippen LogP contribution in [0.25, 0.3) is 0 Å². The van der Waals surface area contributed by atoms with Crippen LogP contribution in [0.15, 0.2) is 60.7 Å². The standard InChI is InChI=1S/C20H19BrO3Se/c21-17-18-14(12-23-20(22)13-7-3-1-4-8-13)11-16(24-18)19(17)25-15-9-5-2-6-10-15/h1-10,14,16-19H,11-12H2/t14-,16-,17-,18+,19-/m0/s1. The second-order valence-electron chi connectivity index (χ2n) is 6.44. The summed E-state index contributed by atoms with van der Waals surface area (Å²) in [5, 5.41) is 0. The van der Waals surface area contributed by atoms with Gasteiger partial charge in [-0.25, -0.2) is 0 Å². The summed E-state index contributed by atoms with van der Waals surface area (Å²) in [7, 11) is 0. The Bertz CT molecular complexity index is 722. The summed E-state index contributed by atoms with van der Waals surface area (Å²) in [6.07, 6.45) is 1.40. The molecule has 130 valence electrons. The molecule has 5 heteroatoms. The molecule has 2 aliphatic rings. The van der Waals surface area contributed by atoms with Gasteiger partial charge >= 0.3 is 163 Å². The first-order valence-electron chi connectivity index (χ1n) is 8.46. The molecule has 2 saturated heterocycles. The summed E-state index contributed by atoms with van der Waals surface area (Å²) in [6, 6.07) is 19.8. The maximum atomic E-state index is 12.1. The number of rotatable bonds is 5. The molecule has 0 aromatic heterocycles. The summed E-state index contributed by atoms with van der Waals surface area (Å²) >= 11 is 4.25. The monoisotopic (exact) mass is 466 g/mol. The fourth-order valence-electron chi connectivity index (χ4n) is 3.54. The molecule has 0 unspecified atom stereocenters. The topological polar surface area (TPSA) is 35.5 Å². The predicted octanol–water partition coefficient (Wildman–Crippen LogP) is 3.21. The van der Waals surface area contributed by atoms with E-state index in [0.29, 0.717) is 36.8 Å². The van der Waals surface area contributed by atoms with Gasteiger partial charge in [0.05, 0.1) is 0 Å². The van der Waals surface area contributed by atoms with Crippen LogP contribution in [0.2, 0.25) is 4.82 Å². The number of carbonyl (C=O) groups is 1. The van der Waals surface area contributed by atoms with Gasteiger partial charge < -0.3 is 0 Å². The Hall–Kier alpha value is -1.13. The van der Waals surface area contributed by atoms with Crippen LogP contribution in [0.5, 0.6) is 0 Å². The fourth-order valence-corrected chi connectivity index (χ4v) is 7.60. The van der Waals surface area contributed by atoms with Gasteiger partial charge in [-0.2, -0.15) is 0 Å². The van der Waals surface area contributed by atoms with Gasteiger partial charge in [0.2, 0.25) is 0 Å². The molecule has 2 aromatic carbocycles. The van der Waals surface area contributed by atoms with Crippen molar-refractivity contribution in [3.8, 4) is 0 Å². The minimum absolute atomic E-state index is 0.143. The fraction of sp³-hybridized carbons (Fsp3) is 0.350. The van der Waals surface area contributed by atoms with Crippen LogP contribution in [0, 0.1) is 5.92 Å². The number of fused-ring (bicyclic) bond motifs is 2. The summed E-state index contributed by atoms with van der Waals surface area (Å²) in [5.74, 6) is 0.0319. The molecule has 2 aromatic rings. The zero-order valence-corrected chi connectivity index (χ0v) is 16.9. The van der Waals surface area contributed by atoms with Gasteiger partial charge in [-0.15, -0.1) is 0 Å². The average Bonchev–Trinajstić information content (AvgIpc) is 3.20. The van der Waals surface area contributed by atoms with Crippen LogP contribution in [0.3, 0.4) is 0 Å². The molecule has 2 heterocycles. The summed E-state index contributed by atoms with van der Waals surface area (Å²) < 4.78 is 13.1. The van der Waals surface area contributed by atoms with Crippen molar-refractivity contribution in [3.05, 3.63) is 66.2 Å².